The summed E-state index contributed by atoms with van der Waals surface area (Å²) in [6, 6.07) is 10.3. The summed E-state index contributed by atoms with van der Waals surface area (Å²) in [7, 11) is 3.41. The number of rotatable bonds is 1. The van der Waals surface area contributed by atoms with Crippen molar-refractivity contribution in [1.29, 1.82) is 0 Å². The first-order chi connectivity index (χ1) is 13.7. The van der Waals surface area contributed by atoms with Crippen molar-refractivity contribution in [3.8, 4) is 11.3 Å². The maximum atomic E-state index is 12.8. The van der Waals surface area contributed by atoms with Gasteiger partial charge < -0.3 is 10.0 Å². The summed E-state index contributed by atoms with van der Waals surface area (Å²) < 4.78 is 1.96. The van der Waals surface area contributed by atoms with Gasteiger partial charge in [-0.25, -0.2) is 10.3 Å². The highest BCUT2D eigenvalue weighted by Gasteiger charge is 2.55. The second kappa shape index (κ2) is 8.55. The maximum Gasteiger partial charge on any atom is 0.226 e. The number of benzene rings is 1. The molecular weight excluding hydrogens is 376 g/mol. The van der Waals surface area contributed by atoms with Crippen LogP contribution >= 0.6 is 0 Å². The summed E-state index contributed by atoms with van der Waals surface area (Å²) in [4.78, 5) is 16.3. The number of aromatic nitrogens is 2. The number of allylic oxidation sites excluding steroid dienone is 2. The second-order valence-corrected chi connectivity index (χ2v) is 8.46. The van der Waals surface area contributed by atoms with Gasteiger partial charge in [0.15, 0.2) is 5.78 Å². The summed E-state index contributed by atoms with van der Waals surface area (Å²) in [6.45, 7) is 13.6. The molecule has 6 nitrogen and oxygen atoms in total. The first kappa shape index (κ1) is 23.5. The van der Waals surface area contributed by atoms with Crippen molar-refractivity contribution in [2.45, 2.75) is 46.5 Å². The third-order valence-electron chi connectivity index (χ3n) is 6.36. The average Bonchev–Trinajstić information content (AvgIpc) is 3.03. The number of hydrogen-bond donors (Lipinski definition) is 2. The Balaban J connectivity index is 0.000000757. The predicted octanol–water partition coefficient (Wildman–Crippen LogP) is 4.55. The molecule has 0 spiro atoms. The van der Waals surface area contributed by atoms with Crippen LogP contribution in [0, 0.1) is 17.9 Å². The van der Waals surface area contributed by atoms with Gasteiger partial charge in [-0.1, -0.05) is 64.6 Å². The third-order valence-corrected chi connectivity index (χ3v) is 6.36. The molecule has 30 heavy (non-hydrogen) atoms. The molecule has 1 aromatic heterocycles. The standard InChI is InChI=1S/C22H23N3O.CH5NO.CH4/c1-21(2)17-12-11-15-18(14-9-7-6-8-10-14)25(5)24-19(15)22(17,3)13-16(23-4)20(21)26;1-2-3;/h6-10,13,17H,11-12H2,1-3,5H3;2-3H,1H3;1H4/t17-,22-;;/m0../s1. The summed E-state index contributed by atoms with van der Waals surface area (Å²) in [6.07, 6.45) is 3.72. The van der Waals surface area contributed by atoms with Gasteiger partial charge in [0.05, 0.1) is 18.0 Å². The Hall–Kier alpha value is -2.75. The van der Waals surface area contributed by atoms with Gasteiger partial charge in [-0.05, 0) is 18.8 Å². The number of carbonyl (C=O) groups excluding carboxylic acids is 1. The fourth-order valence-electron chi connectivity index (χ4n) is 5.15. The van der Waals surface area contributed by atoms with Gasteiger partial charge in [0, 0.05) is 36.1 Å². The van der Waals surface area contributed by atoms with Crippen LogP contribution in [-0.2, 0) is 23.7 Å². The maximum absolute atomic E-state index is 12.8. The van der Waals surface area contributed by atoms with Crippen LogP contribution in [-0.4, -0.2) is 27.8 Å². The Labute approximate surface area is 179 Å². The van der Waals surface area contributed by atoms with Crippen LogP contribution in [0.5, 0.6) is 0 Å². The molecule has 1 aromatic carbocycles. The number of nitrogens with one attached hydrogen (secondary N) is 1. The van der Waals surface area contributed by atoms with Crippen molar-refractivity contribution in [3.05, 3.63) is 64.8 Å². The Morgan fingerprint density at radius 3 is 2.43 bits per heavy atom. The largest absolute Gasteiger partial charge is 0.317 e. The number of Topliss-reactive ketones (excluding diaryl/α,β-unsaturated/α-hetero) is 1. The minimum absolute atomic E-state index is 0. The number of fused-ring (bicyclic) bond motifs is 3. The van der Waals surface area contributed by atoms with Crippen molar-refractivity contribution in [2.75, 3.05) is 7.05 Å². The number of carbonyl (C=O) groups is 1. The van der Waals surface area contributed by atoms with E-state index in [1.54, 1.807) is 5.48 Å². The molecule has 2 aromatic rings. The normalized spacial score (nSPS) is 23.6. The minimum atomic E-state index is -0.550. The third kappa shape index (κ3) is 3.49. The molecule has 0 amide bonds. The van der Waals surface area contributed by atoms with E-state index < -0.39 is 10.8 Å². The highest BCUT2D eigenvalue weighted by molar-refractivity contribution is 6.02. The number of ketones is 1. The first-order valence-electron chi connectivity index (χ1n) is 9.80. The van der Waals surface area contributed by atoms with E-state index in [1.165, 1.54) is 12.6 Å². The Kier molecular flexibility index (Phi) is 6.70. The molecule has 160 valence electrons. The lowest BCUT2D eigenvalue weighted by molar-refractivity contribution is -0.128. The molecule has 2 atom stereocenters. The second-order valence-electron chi connectivity index (χ2n) is 8.46. The van der Waals surface area contributed by atoms with Gasteiger partial charge in [0.25, 0.3) is 0 Å². The van der Waals surface area contributed by atoms with Crippen LogP contribution in [0.25, 0.3) is 16.1 Å². The fraction of sp³-hybridized carbons (Fsp3) is 0.458. The van der Waals surface area contributed by atoms with Gasteiger partial charge in [-0.2, -0.15) is 5.10 Å². The smallest absolute Gasteiger partial charge is 0.226 e. The molecule has 0 bridgehead atoms. The predicted molar refractivity (Wildman–Crippen MR) is 119 cm³/mol. The van der Waals surface area contributed by atoms with Crippen molar-refractivity contribution < 1.29 is 10.0 Å². The van der Waals surface area contributed by atoms with Crippen LogP contribution in [0.3, 0.4) is 0 Å². The molecule has 0 fully saturated rings. The van der Waals surface area contributed by atoms with Crippen LogP contribution in [0.4, 0.5) is 0 Å². The van der Waals surface area contributed by atoms with Crippen LogP contribution in [0.1, 0.15) is 45.9 Å². The van der Waals surface area contributed by atoms with Crippen LogP contribution in [0.15, 0.2) is 42.1 Å². The zero-order valence-electron chi connectivity index (χ0n) is 17.7. The van der Waals surface area contributed by atoms with Crippen LogP contribution < -0.4 is 5.48 Å². The topological polar surface area (TPSA) is 71.5 Å². The fourth-order valence-corrected chi connectivity index (χ4v) is 5.15. The van der Waals surface area contributed by atoms with E-state index in [9.17, 15) is 4.79 Å². The quantitative estimate of drug-likeness (QED) is 0.536. The van der Waals surface area contributed by atoms with Crippen molar-refractivity contribution in [3.63, 3.8) is 0 Å². The molecule has 6 heteroatoms. The van der Waals surface area contributed by atoms with Crippen molar-refractivity contribution >= 4 is 5.78 Å². The summed E-state index contributed by atoms with van der Waals surface area (Å²) in [5.41, 5.74) is 5.65. The zero-order chi connectivity index (χ0) is 21.4. The van der Waals surface area contributed by atoms with E-state index in [-0.39, 0.29) is 24.8 Å². The van der Waals surface area contributed by atoms with E-state index in [0.717, 1.165) is 29.8 Å². The number of nitrogens with zero attached hydrogens (tertiary/aromatic N) is 3. The lowest BCUT2D eigenvalue weighted by Crippen LogP contribution is -2.50. The van der Waals surface area contributed by atoms with Crippen LogP contribution in [0.2, 0.25) is 0 Å². The monoisotopic (exact) mass is 408 g/mol. The highest BCUT2D eigenvalue weighted by Crippen LogP contribution is 2.55. The molecule has 4 rings (SSSR count). The molecule has 0 unspecified atom stereocenters. The lowest BCUT2D eigenvalue weighted by Gasteiger charge is -2.49. The van der Waals surface area contributed by atoms with Gasteiger partial charge >= 0.3 is 0 Å². The minimum Gasteiger partial charge on any atom is -0.317 e. The van der Waals surface area contributed by atoms with E-state index in [2.05, 4.69) is 23.9 Å². The van der Waals surface area contributed by atoms with Gasteiger partial charge in [-0.3, -0.25) is 4.68 Å². The van der Waals surface area contributed by atoms with Gasteiger partial charge in [-0.15, -0.1) is 0 Å². The first-order valence-corrected chi connectivity index (χ1v) is 9.80. The van der Waals surface area contributed by atoms with Crippen molar-refractivity contribution in [2.24, 2.45) is 18.4 Å². The molecule has 2 aliphatic carbocycles. The van der Waals surface area contributed by atoms with Crippen molar-refractivity contribution in [1.82, 2.24) is 15.3 Å². The number of hydroxylamine groups is 1. The molecule has 0 saturated heterocycles. The van der Waals surface area contributed by atoms with E-state index in [1.807, 2.05) is 49.9 Å². The van der Waals surface area contributed by atoms with E-state index in [4.69, 9.17) is 16.9 Å². The molecule has 1 heterocycles. The molecule has 2 aliphatic rings. The van der Waals surface area contributed by atoms with Gasteiger partial charge in [0.1, 0.15) is 0 Å². The molecule has 0 radical (unpaired) electrons. The SMILES string of the molecule is C.CNO.[C-]#[N+]C1=C[C@]2(C)c3nn(C)c(-c4ccccc4)c3CC[C@H]2C(C)(C)C1=O. The Bertz CT molecular complexity index is 998. The van der Waals surface area contributed by atoms with Gasteiger partial charge in [0.2, 0.25) is 5.70 Å². The molecule has 2 N–H and O–H groups in total. The Morgan fingerprint density at radius 1 is 1.27 bits per heavy atom. The summed E-state index contributed by atoms with van der Waals surface area (Å²) >= 11 is 0. The zero-order valence-corrected chi connectivity index (χ0v) is 17.7. The molecular formula is C24H32N4O2. The molecule has 0 saturated carbocycles. The summed E-state index contributed by atoms with van der Waals surface area (Å²) in [5.74, 6) is 0.122. The Morgan fingerprint density at radius 2 is 1.87 bits per heavy atom. The van der Waals surface area contributed by atoms with E-state index in [0.29, 0.717) is 0 Å². The lowest BCUT2D eigenvalue weighted by atomic mass is 9.53. The average molecular weight is 409 g/mol. The number of hydrogen-bond acceptors (Lipinski definition) is 4. The highest BCUT2D eigenvalue weighted by atomic mass is 16.5. The summed E-state index contributed by atoms with van der Waals surface area (Å²) in [5, 5.41) is 12.2. The molecule has 0 aliphatic heterocycles. The number of aryl methyl sites for hydroxylation is 1. The van der Waals surface area contributed by atoms with E-state index >= 15 is 0 Å².